The van der Waals surface area contributed by atoms with Gasteiger partial charge in [0.1, 0.15) is 5.82 Å². The second-order valence-corrected chi connectivity index (χ2v) is 8.34. The van der Waals surface area contributed by atoms with E-state index in [1.54, 1.807) is 42.0 Å². The molecular formula is C25H24N6O3. The van der Waals surface area contributed by atoms with Crippen LogP contribution in [0.5, 0.6) is 0 Å². The molecule has 1 fully saturated rings. The number of H-pyrrole nitrogens is 1. The van der Waals surface area contributed by atoms with Crippen molar-refractivity contribution < 1.29 is 14.0 Å². The quantitative estimate of drug-likeness (QED) is 0.423. The average Bonchev–Trinajstić information content (AvgIpc) is 3.61. The fourth-order valence-electron chi connectivity index (χ4n) is 4.22. The Morgan fingerprint density at radius 1 is 1.21 bits per heavy atom. The molecule has 0 spiro atoms. The zero-order valence-electron chi connectivity index (χ0n) is 18.6. The average molecular weight is 457 g/mol. The van der Waals surface area contributed by atoms with E-state index >= 15 is 0 Å². The van der Waals surface area contributed by atoms with Crippen molar-refractivity contribution >= 4 is 17.6 Å². The highest BCUT2D eigenvalue weighted by Crippen LogP contribution is 2.25. The summed E-state index contributed by atoms with van der Waals surface area (Å²) >= 11 is 0. The summed E-state index contributed by atoms with van der Waals surface area (Å²) in [6, 6.07) is 10.8. The molecule has 2 amide bonds. The van der Waals surface area contributed by atoms with Crippen LogP contribution in [0.4, 0.5) is 5.82 Å². The first-order chi connectivity index (χ1) is 16.5. The lowest BCUT2D eigenvalue weighted by atomic mass is 10.1. The van der Waals surface area contributed by atoms with Gasteiger partial charge in [-0.3, -0.25) is 14.7 Å². The van der Waals surface area contributed by atoms with Crippen molar-refractivity contribution in [3.05, 3.63) is 78.1 Å². The molecule has 0 radical (unpaired) electrons. The lowest BCUT2D eigenvalue weighted by Gasteiger charge is -2.18. The van der Waals surface area contributed by atoms with Crippen LogP contribution >= 0.6 is 0 Å². The smallest absolute Gasteiger partial charge is 0.255 e. The number of rotatable bonds is 5. The van der Waals surface area contributed by atoms with E-state index in [2.05, 4.69) is 20.5 Å². The molecule has 172 valence electrons. The van der Waals surface area contributed by atoms with Crippen LogP contribution in [0.15, 0.2) is 65.7 Å². The van der Waals surface area contributed by atoms with Gasteiger partial charge in [-0.15, -0.1) is 0 Å². The molecule has 4 heterocycles. The third-order valence-electron chi connectivity index (χ3n) is 6.08. The zero-order chi connectivity index (χ0) is 23.7. The minimum atomic E-state index is -0.311. The fraction of sp³-hybridized carbons (Fsp3) is 0.200. The SMILES string of the molecule is Cc1n[nH]cc1-c1cnc(N)c(C(=O)N[C@@H]2CCN(C(=O)c3cccc(-c4ccoc4)c3)C2)c1. The minimum Gasteiger partial charge on any atom is -0.472 e. The molecule has 1 aliphatic rings. The Hall–Kier alpha value is -4.40. The van der Waals surface area contributed by atoms with Crippen molar-refractivity contribution in [2.45, 2.75) is 19.4 Å². The van der Waals surface area contributed by atoms with Gasteiger partial charge < -0.3 is 20.4 Å². The number of furan rings is 1. The van der Waals surface area contributed by atoms with E-state index in [1.807, 2.05) is 31.2 Å². The van der Waals surface area contributed by atoms with Gasteiger partial charge in [0.25, 0.3) is 11.8 Å². The van der Waals surface area contributed by atoms with Crippen molar-refractivity contribution in [1.29, 1.82) is 0 Å². The number of carbonyl (C=O) groups is 2. The zero-order valence-corrected chi connectivity index (χ0v) is 18.6. The summed E-state index contributed by atoms with van der Waals surface area (Å²) in [6.07, 6.45) is 7.29. The van der Waals surface area contributed by atoms with E-state index in [9.17, 15) is 9.59 Å². The first kappa shape index (κ1) is 21.4. The Balaban J connectivity index is 1.26. The van der Waals surface area contributed by atoms with Gasteiger partial charge in [0, 0.05) is 53.8 Å². The van der Waals surface area contributed by atoms with Gasteiger partial charge in [-0.2, -0.15) is 5.10 Å². The van der Waals surface area contributed by atoms with Crippen molar-refractivity contribution in [2.75, 3.05) is 18.8 Å². The Bertz CT molecular complexity index is 1340. The number of nitrogen functional groups attached to an aromatic ring is 1. The van der Waals surface area contributed by atoms with Gasteiger partial charge in [0.05, 0.1) is 23.8 Å². The maximum absolute atomic E-state index is 13.1. The summed E-state index contributed by atoms with van der Waals surface area (Å²) in [5.74, 6) is -0.223. The lowest BCUT2D eigenvalue weighted by Crippen LogP contribution is -2.38. The third-order valence-corrected chi connectivity index (χ3v) is 6.08. The molecule has 9 nitrogen and oxygen atoms in total. The predicted octanol–water partition coefficient (Wildman–Crippen LogP) is 3.27. The number of amides is 2. The molecule has 0 bridgehead atoms. The van der Waals surface area contributed by atoms with Gasteiger partial charge in [-0.1, -0.05) is 12.1 Å². The largest absolute Gasteiger partial charge is 0.472 e. The standard InChI is InChI=1S/C25H24N6O3/c1-15-22(12-28-30-15)19-10-21(23(26)27-11-19)24(32)29-20-5-7-31(13-20)25(33)17-4-2-3-16(9-17)18-6-8-34-14-18/h2-4,6,8-12,14,20H,5,7,13H2,1H3,(H2,26,27)(H,28,30)(H,29,32)/t20-/m1/s1. The number of carbonyl (C=O) groups excluding carboxylic acids is 2. The van der Waals surface area contributed by atoms with Crippen LogP contribution in [-0.2, 0) is 0 Å². The summed E-state index contributed by atoms with van der Waals surface area (Å²) in [4.78, 5) is 32.0. The van der Waals surface area contributed by atoms with E-state index in [-0.39, 0.29) is 23.7 Å². The van der Waals surface area contributed by atoms with E-state index < -0.39 is 0 Å². The van der Waals surface area contributed by atoms with E-state index in [0.29, 0.717) is 30.6 Å². The maximum Gasteiger partial charge on any atom is 0.255 e. The molecule has 3 aromatic heterocycles. The van der Waals surface area contributed by atoms with Gasteiger partial charge in [0.2, 0.25) is 0 Å². The number of aryl methyl sites for hydroxylation is 1. The number of nitrogens with one attached hydrogen (secondary N) is 2. The molecule has 0 saturated carbocycles. The summed E-state index contributed by atoms with van der Waals surface area (Å²) in [5, 5.41) is 9.93. The maximum atomic E-state index is 13.1. The second-order valence-electron chi connectivity index (χ2n) is 8.34. The first-order valence-corrected chi connectivity index (χ1v) is 11.0. The molecule has 4 aromatic rings. The van der Waals surface area contributed by atoms with Crippen LogP contribution in [0.1, 0.15) is 32.8 Å². The summed E-state index contributed by atoms with van der Waals surface area (Å²) in [7, 11) is 0. The summed E-state index contributed by atoms with van der Waals surface area (Å²) < 4.78 is 5.15. The Morgan fingerprint density at radius 3 is 2.85 bits per heavy atom. The van der Waals surface area contributed by atoms with Crippen LogP contribution in [-0.4, -0.2) is 51.0 Å². The highest BCUT2D eigenvalue weighted by atomic mass is 16.3. The van der Waals surface area contributed by atoms with Crippen LogP contribution in [0.3, 0.4) is 0 Å². The molecule has 9 heteroatoms. The number of nitrogens with two attached hydrogens (primary N) is 1. The highest BCUT2D eigenvalue weighted by Gasteiger charge is 2.29. The highest BCUT2D eigenvalue weighted by molar-refractivity contribution is 6.00. The lowest BCUT2D eigenvalue weighted by molar-refractivity contribution is 0.0783. The minimum absolute atomic E-state index is 0.0688. The first-order valence-electron chi connectivity index (χ1n) is 11.0. The van der Waals surface area contributed by atoms with Crippen LogP contribution in [0, 0.1) is 6.92 Å². The Labute approximate surface area is 196 Å². The number of hydrogen-bond donors (Lipinski definition) is 3. The molecule has 4 N–H and O–H groups in total. The number of hydrogen-bond acceptors (Lipinski definition) is 6. The molecule has 1 atom stereocenters. The van der Waals surface area contributed by atoms with E-state index in [4.69, 9.17) is 10.2 Å². The molecule has 1 saturated heterocycles. The van der Waals surface area contributed by atoms with Crippen molar-refractivity contribution in [1.82, 2.24) is 25.4 Å². The monoisotopic (exact) mass is 456 g/mol. The summed E-state index contributed by atoms with van der Waals surface area (Å²) in [6.45, 7) is 2.85. The number of anilines is 1. The van der Waals surface area contributed by atoms with Crippen LogP contribution < -0.4 is 11.1 Å². The van der Waals surface area contributed by atoms with Gasteiger partial charge in [-0.25, -0.2) is 4.98 Å². The number of aromatic nitrogens is 3. The van der Waals surface area contributed by atoms with Crippen LogP contribution in [0.2, 0.25) is 0 Å². The molecule has 1 aliphatic heterocycles. The predicted molar refractivity (Wildman–Crippen MR) is 127 cm³/mol. The molecule has 0 unspecified atom stereocenters. The Kier molecular flexibility index (Phi) is 5.59. The Morgan fingerprint density at radius 2 is 2.09 bits per heavy atom. The van der Waals surface area contributed by atoms with E-state index in [1.165, 1.54) is 0 Å². The topological polar surface area (TPSA) is 130 Å². The number of nitrogens with zero attached hydrogens (tertiary/aromatic N) is 3. The number of likely N-dealkylation sites (tertiary alicyclic amines) is 1. The van der Waals surface area contributed by atoms with Crippen molar-refractivity contribution in [3.63, 3.8) is 0 Å². The fourth-order valence-corrected chi connectivity index (χ4v) is 4.22. The number of aromatic amines is 1. The van der Waals surface area contributed by atoms with Crippen molar-refractivity contribution in [3.8, 4) is 22.3 Å². The summed E-state index contributed by atoms with van der Waals surface area (Å²) in [5.41, 5.74) is 11.1. The van der Waals surface area contributed by atoms with Crippen LogP contribution in [0.25, 0.3) is 22.3 Å². The second kappa shape index (κ2) is 8.86. The van der Waals surface area contributed by atoms with Gasteiger partial charge in [0.15, 0.2) is 0 Å². The third kappa shape index (κ3) is 4.15. The normalized spacial score (nSPS) is 15.4. The molecule has 0 aliphatic carbocycles. The van der Waals surface area contributed by atoms with Gasteiger partial charge >= 0.3 is 0 Å². The molecule has 5 rings (SSSR count). The number of pyridine rings is 1. The number of benzene rings is 1. The van der Waals surface area contributed by atoms with E-state index in [0.717, 1.165) is 27.9 Å². The molecule has 34 heavy (non-hydrogen) atoms. The molecular weight excluding hydrogens is 432 g/mol. The van der Waals surface area contributed by atoms with Crippen molar-refractivity contribution in [2.24, 2.45) is 0 Å². The molecule has 1 aromatic carbocycles. The van der Waals surface area contributed by atoms with Gasteiger partial charge in [-0.05, 0) is 43.2 Å².